The minimum Gasteiger partial charge on any atom is -0.385 e. The van der Waals surface area contributed by atoms with Crippen LogP contribution in [0.5, 0.6) is 0 Å². The van der Waals surface area contributed by atoms with E-state index in [1.165, 1.54) is 0 Å². The number of ether oxygens (including phenoxy) is 1. The summed E-state index contributed by atoms with van der Waals surface area (Å²) in [6.07, 6.45) is -1.40. The van der Waals surface area contributed by atoms with Gasteiger partial charge < -0.3 is 30.7 Å². The Kier molecular flexibility index (Phi) is 4.74. The summed E-state index contributed by atoms with van der Waals surface area (Å²) in [4.78, 5) is 24.7. The molecule has 25 heavy (non-hydrogen) atoms. The van der Waals surface area contributed by atoms with E-state index in [1.807, 2.05) is 5.32 Å². The van der Waals surface area contributed by atoms with Crippen LogP contribution in [-0.2, 0) is 28.6 Å². The SMILES string of the molecule is C=C1CCO[C@]2([C@@H](O)[C@@](C)(O)COS(C)(=O)=O)NC(=O)[C@@]1(O)NC2=O. The lowest BCUT2D eigenvalue weighted by atomic mass is 9.85. The molecular weight excluding hydrogens is 360 g/mol. The first kappa shape index (κ1) is 19.8. The number of carbonyl (C=O) groups is 2. The molecule has 3 heterocycles. The van der Waals surface area contributed by atoms with Crippen LogP contribution in [0.15, 0.2) is 12.2 Å². The Labute approximate surface area is 143 Å². The van der Waals surface area contributed by atoms with E-state index in [1.54, 1.807) is 0 Å². The van der Waals surface area contributed by atoms with E-state index in [9.17, 15) is 33.3 Å². The average molecular weight is 380 g/mol. The lowest BCUT2D eigenvalue weighted by molar-refractivity contribution is -0.229. The van der Waals surface area contributed by atoms with E-state index >= 15 is 0 Å². The van der Waals surface area contributed by atoms with Gasteiger partial charge in [-0.2, -0.15) is 8.42 Å². The van der Waals surface area contributed by atoms with Crippen LogP contribution in [0, 0.1) is 0 Å². The van der Waals surface area contributed by atoms with Gasteiger partial charge >= 0.3 is 0 Å². The Balaban J connectivity index is 2.37. The van der Waals surface area contributed by atoms with Gasteiger partial charge in [0.15, 0.2) is 0 Å². The molecule has 3 aliphatic rings. The Hall–Kier alpha value is -1.57. The van der Waals surface area contributed by atoms with Crippen molar-refractivity contribution in [3.8, 4) is 0 Å². The van der Waals surface area contributed by atoms with Gasteiger partial charge in [-0.15, -0.1) is 0 Å². The first-order chi connectivity index (χ1) is 11.2. The van der Waals surface area contributed by atoms with Crippen molar-refractivity contribution in [2.24, 2.45) is 0 Å². The predicted octanol–water partition coefficient (Wildman–Crippen LogP) is -3.32. The molecule has 0 aromatic heterocycles. The molecule has 0 radical (unpaired) electrons. The number of fused-ring (bicyclic) bond motifs is 5. The van der Waals surface area contributed by atoms with Crippen molar-refractivity contribution in [1.82, 2.24) is 10.6 Å². The van der Waals surface area contributed by atoms with Crippen LogP contribution >= 0.6 is 0 Å². The summed E-state index contributed by atoms with van der Waals surface area (Å²) >= 11 is 0. The number of amides is 2. The number of aliphatic hydroxyl groups is 3. The predicted molar refractivity (Wildman–Crippen MR) is 81.1 cm³/mol. The maximum absolute atomic E-state index is 12.5. The third kappa shape index (κ3) is 3.41. The first-order valence-electron chi connectivity index (χ1n) is 7.19. The minimum absolute atomic E-state index is 0.0132. The smallest absolute Gasteiger partial charge is 0.280 e. The number of nitrogens with one attached hydrogen (secondary N) is 2. The molecule has 0 aromatic rings. The van der Waals surface area contributed by atoms with Gasteiger partial charge in [-0.25, -0.2) is 0 Å². The van der Waals surface area contributed by atoms with Crippen LogP contribution in [0.2, 0.25) is 0 Å². The van der Waals surface area contributed by atoms with Gasteiger partial charge in [0.05, 0.1) is 19.5 Å². The van der Waals surface area contributed by atoms with E-state index in [-0.39, 0.29) is 18.6 Å². The highest BCUT2D eigenvalue weighted by molar-refractivity contribution is 7.85. The van der Waals surface area contributed by atoms with Crippen LogP contribution in [0.3, 0.4) is 0 Å². The van der Waals surface area contributed by atoms with Crippen molar-refractivity contribution in [2.75, 3.05) is 19.5 Å². The summed E-state index contributed by atoms with van der Waals surface area (Å²) in [6, 6.07) is 0. The summed E-state index contributed by atoms with van der Waals surface area (Å²) in [7, 11) is -3.94. The zero-order valence-electron chi connectivity index (χ0n) is 13.6. The zero-order chi connectivity index (χ0) is 19.3. The van der Waals surface area contributed by atoms with Crippen molar-refractivity contribution in [2.45, 2.75) is 36.5 Å². The highest BCUT2D eigenvalue weighted by Gasteiger charge is 2.63. The number of carbonyl (C=O) groups excluding carboxylic acids is 2. The number of hydrogen-bond donors (Lipinski definition) is 5. The fourth-order valence-corrected chi connectivity index (χ4v) is 2.96. The van der Waals surface area contributed by atoms with Gasteiger partial charge in [0.1, 0.15) is 11.7 Å². The molecule has 0 unspecified atom stereocenters. The van der Waals surface area contributed by atoms with Crippen LogP contribution in [0.25, 0.3) is 0 Å². The third-order valence-electron chi connectivity index (χ3n) is 4.04. The largest absolute Gasteiger partial charge is 0.385 e. The van der Waals surface area contributed by atoms with Crippen LogP contribution in [0.4, 0.5) is 0 Å². The van der Waals surface area contributed by atoms with Crippen LogP contribution < -0.4 is 10.6 Å². The molecule has 5 N–H and O–H groups in total. The van der Waals surface area contributed by atoms with Gasteiger partial charge in [-0.05, 0) is 18.9 Å². The lowest BCUT2D eigenvalue weighted by Gasteiger charge is -2.49. The zero-order valence-corrected chi connectivity index (χ0v) is 14.4. The van der Waals surface area contributed by atoms with E-state index in [0.717, 1.165) is 13.2 Å². The lowest BCUT2D eigenvalue weighted by Crippen LogP contribution is -2.82. The Morgan fingerprint density at radius 1 is 1.40 bits per heavy atom. The molecule has 3 fully saturated rings. The highest BCUT2D eigenvalue weighted by atomic mass is 32.2. The number of aliphatic hydroxyl groups excluding tert-OH is 1. The third-order valence-corrected chi connectivity index (χ3v) is 4.59. The summed E-state index contributed by atoms with van der Waals surface area (Å²) in [5.74, 6) is -2.25. The van der Waals surface area contributed by atoms with Crippen molar-refractivity contribution in [1.29, 1.82) is 0 Å². The van der Waals surface area contributed by atoms with Gasteiger partial charge in [0.25, 0.3) is 27.7 Å². The van der Waals surface area contributed by atoms with Crippen molar-refractivity contribution in [3.63, 3.8) is 0 Å². The second-order valence-corrected chi connectivity index (χ2v) is 7.93. The Morgan fingerprint density at radius 2 is 2.00 bits per heavy atom. The summed E-state index contributed by atoms with van der Waals surface area (Å²) in [6.45, 7) is 3.40. The standard InChI is InChI=1S/C13H20N2O9S/c1-7-4-5-23-13(10(18)14-12(7,20)9(17)15-13)8(16)11(2,19)6-24-25(3,21)22/h8,16,19-20H,1,4-6H2,2-3H3,(H,14,18)(H,15,17)/t8-,11-,12+,13-/m0/s1. The molecular formula is C13H20N2O9S. The second-order valence-electron chi connectivity index (χ2n) is 6.28. The molecule has 0 saturated carbocycles. The average Bonchev–Trinajstić information content (AvgIpc) is 2.48. The Morgan fingerprint density at radius 3 is 2.56 bits per heavy atom. The maximum atomic E-state index is 12.5. The van der Waals surface area contributed by atoms with Gasteiger partial charge in [0.2, 0.25) is 5.72 Å². The number of hydrogen-bond acceptors (Lipinski definition) is 9. The van der Waals surface area contributed by atoms with Gasteiger partial charge in [0, 0.05) is 0 Å². The quantitative estimate of drug-likeness (QED) is 0.242. The molecule has 3 rings (SSSR count). The maximum Gasteiger partial charge on any atom is 0.280 e. The monoisotopic (exact) mass is 380 g/mol. The molecule has 2 bridgehead atoms. The van der Waals surface area contributed by atoms with Crippen molar-refractivity contribution in [3.05, 3.63) is 12.2 Å². The molecule has 11 nitrogen and oxygen atoms in total. The Bertz CT molecular complexity index is 719. The van der Waals surface area contributed by atoms with Crippen LogP contribution in [0.1, 0.15) is 13.3 Å². The molecule has 3 aliphatic heterocycles. The highest BCUT2D eigenvalue weighted by Crippen LogP contribution is 2.33. The molecule has 0 spiro atoms. The molecule has 3 saturated heterocycles. The topological polar surface area (TPSA) is 171 Å². The van der Waals surface area contributed by atoms with E-state index in [4.69, 9.17) is 4.74 Å². The summed E-state index contributed by atoms with van der Waals surface area (Å²) in [5.41, 5.74) is -7.15. The number of piperazine rings is 1. The van der Waals surface area contributed by atoms with Crippen molar-refractivity contribution < 1.29 is 42.2 Å². The van der Waals surface area contributed by atoms with E-state index in [0.29, 0.717) is 0 Å². The van der Waals surface area contributed by atoms with Crippen molar-refractivity contribution >= 4 is 21.9 Å². The fourth-order valence-electron chi connectivity index (χ4n) is 2.51. The molecule has 2 amide bonds. The van der Waals surface area contributed by atoms with Gasteiger partial charge in [-0.3, -0.25) is 13.8 Å². The molecule has 0 aromatic carbocycles. The molecule has 0 aliphatic carbocycles. The summed E-state index contributed by atoms with van der Waals surface area (Å²) < 4.78 is 31.9. The second kappa shape index (κ2) is 6.00. The van der Waals surface area contributed by atoms with E-state index in [2.05, 4.69) is 16.1 Å². The minimum atomic E-state index is -3.94. The summed E-state index contributed by atoms with van der Waals surface area (Å²) in [5, 5.41) is 35.2. The molecule has 12 heteroatoms. The number of rotatable bonds is 5. The molecule has 4 atom stereocenters. The van der Waals surface area contributed by atoms with Crippen LogP contribution in [-0.4, -0.2) is 78.2 Å². The molecule has 142 valence electrons. The van der Waals surface area contributed by atoms with E-state index < -0.39 is 51.7 Å². The van der Waals surface area contributed by atoms with Gasteiger partial charge in [-0.1, -0.05) is 6.58 Å². The fraction of sp³-hybridized carbons (Fsp3) is 0.692. The normalized spacial score (nSPS) is 33.7. The first-order valence-corrected chi connectivity index (χ1v) is 9.01.